The molecular formula is C23H25FN4O2S. The number of nitrogens with zero attached hydrogens (tertiary/aromatic N) is 3. The summed E-state index contributed by atoms with van der Waals surface area (Å²) >= 11 is 1.34. The van der Waals surface area contributed by atoms with E-state index in [9.17, 15) is 9.18 Å². The van der Waals surface area contributed by atoms with Crippen LogP contribution in [0.3, 0.4) is 0 Å². The Morgan fingerprint density at radius 3 is 2.77 bits per heavy atom. The normalized spacial score (nSPS) is 15.9. The standard InChI is InChI=1S/C23H25FN4O2S/c1-2-16-6-3-4-8-20(16)25-21(29)15-31-23-27-26-22(17-9-11-18(24)12-10-17)28(23)14-19-7-5-13-30-19/h3-4,6,8-12,19H,2,5,7,13-15H2,1H3,(H,25,29)/t19-/m0/s1. The molecule has 1 amide bonds. The number of thioether (sulfide) groups is 1. The van der Waals surface area contributed by atoms with Crippen molar-refractivity contribution in [3.63, 3.8) is 0 Å². The Morgan fingerprint density at radius 2 is 2.03 bits per heavy atom. The van der Waals surface area contributed by atoms with Crippen molar-refractivity contribution in [1.29, 1.82) is 0 Å². The van der Waals surface area contributed by atoms with Gasteiger partial charge >= 0.3 is 0 Å². The van der Waals surface area contributed by atoms with Crippen LogP contribution in [0.2, 0.25) is 0 Å². The lowest BCUT2D eigenvalue weighted by molar-refractivity contribution is -0.113. The molecule has 8 heteroatoms. The number of para-hydroxylation sites is 1. The molecule has 2 aromatic carbocycles. The van der Waals surface area contributed by atoms with Crippen molar-refractivity contribution < 1.29 is 13.9 Å². The minimum atomic E-state index is -0.299. The molecule has 1 fully saturated rings. The van der Waals surface area contributed by atoms with Gasteiger partial charge in [-0.1, -0.05) is 36.9 Å². The summed E-state index contributed by atoms with van der Waals surface area (Å²) in [6, 6.07) is 14.0. The number of ether oxygens (including phenoxy) is 1. The molecule has 31 heavy (non-hydrogen) atoms. The van der Waals surface area contributed by atoms with Gasteiger partial charge in [0.2, 0.25) is 5.91 Å². The zero-order chi connectivity index (χ0) is 21.6. The van der Waals surface area contributed by atoms with Crippen molar-refractivity contribution >= 4 is 23.4 Å². The summed E-state index contributed by atoms with van der Waals surface area (Å²) in [6.45, 7) is 3.41. The first-order chi connectivity index (χ1) is 15.1. The van der Waals surface area contributed by atoms with E-state index in [0.29, 0.717) is 17.5 Å². The number of nitrogens with one attached hydrogen (secondary N) is 1. The second-order valence-corrected chi connectivity index (χ2v) is 8.35. The summed E-state index contributed by atoms with van der Waals surface area (Å²) < 4.78 is 21.1. The zero-order valence-corrected chi connectivity index (χ0v) is 18.2. The molecule has 0 aliphatic carbocycles. The molecule has 6 nitrogen and oxygen atoms in total. The molecule has 1 saturated heterocycles. The molecule has 1 atom stereocenters. The van der Waals surface area contributed by atoms with Gasteiger partial charge in [-0.25, -0.2) is 4.39 Å². The third-order valence-corrected chi connectivity index (χ3v) is 6.20. The number of benzene rings is 2. The first-order valence-corrected chi connectivity index (χ1v) is 11.4. The van der Waals surface area contributed by atoms with Crippen molar-refractivity contribution in [1.82, 2.24) is 14.8 Å². The highest BCUT2D eigenvalue weighted by atomic mass is 32.2. The SMILES string of the molecule is CCc1ccccc1NC(=O)CSc1nnc(-c2ccc(F)cc2)n1C[C@@H]1CCCO1. The average molecular weight is 441 g/mol. The molecule has 2 heterocycles. The third kappa shape index (κ3) is 5.32. The number of carbonyl (C=O) groups is 1. The smallest absolute Gasteiger partial charge is 0.234 e. The van der Waals surface area contributed by atoms with Crippen LogP contribution in [-0.4, -0.2) is 39.1 Å². The lowest BCUT2D eigenvalue weighted by Crippen LogP contribution is -2.18. The topological polar surface area (TPSA) is 69.0 Å². The quantitative estimate of drug-likeness (QED) is 0.520. The van der Waals surface area contributed by atoms with Crippen molar-refractivity contribution in [2.75, 3.05) is 17.7 Å². The molecule has 0 spiro atoms. The highest BCUT2D eigenvalue weighted by Crippen LogP contribution is 2.27. The Labute approximate surface area is 185 Å². The zero-order valence-electron chi connectivity index (χ0n) is 17.4. The Bertz CT molecular complexity index is 1030. The van der Waals surface area contributed by atoms with E-state index in [2.05, 4.69) is 22.4 Å². The summed E-state index contributed by atoms with van der Waals surface area (Å²) in [5.41, 5.74) is 2.71. The molecule has 1 N–H and O–H groups in total. The van der Waals surface area contributed by atoms with Gasteiger partial charge in [-0.3, -0.25) is 9.36 Å². The van der Waals surface area contributed by atoms with Crippen molar-refractivity contribution in [2.24, 2.45) is 0 Å². The van der Waals surface area contributed by atoms with E-state index in [1.165, 1.54) is 23.9 Å². The van der Waals surface area contributed by atoms with Gasteiger partial charge in [-0.05, 0) is 55.2 Å². The predicted molar refractivity (Wildman–Crippen MR) is 120 cm³/mol. The summed E-state index contributed by atoms with van der Waals surface area (Å²) in [6.07, 6.45) is 2.93. The van der Waals surface area contributed by atoms with Gasteiger partial charge < -0.3 is 10.1 Å². The van der Waals surface area contributed by atoms with Gasteiger partial charge in [0.05, 0.1) is 18.4 Å². The third-order valence-electron chi connectivity index (χ3n) is 5.23. The Morgan fingerprint density at radius 1 is 1.23 bits per heavy atom. The van der Waals surface area contributed by atoms with E-state index >= 15 is 0 Å². The van der Waals surface area contributed by atoms with E-state index in [1.54, 1.807) is 12.1 Å². The molecule has 0 bridgehead atoms. The Kier molecular flexibility index (Phi) is 6.99. The summed E-state index contributed by atoms with van der Waals surface area (Å²) in [5, 5.41) is 12.3. The van der Waals surface area contributed by atoms with E-state index in [-0.39, 0.29) is 23.6 Å². The van der Waals surface area contributed by atoms with E-state index < -0.39 is 0 Å². The number of hydrogen-bond acceptors (Lipinski definition) is 5. The number of aryl methyl sites for hydroxylation is 1. The monoisotopic (exact) mass is 440 g/mol. The summed E-state index contributed by atoms with van der Waals surface area (Å²) in [5.74, 6) is 0.466. The minimum absolute atomic E-state index is 0.0832. The van der Waals surface area contributed by atoms with Crippen molar-refractivity contribution in [3.8, 4) is 11.4 Å². The molecule has 1 aliphatic rings. The number of amides is 1. The van der Waals surface area contributed by atoms with E-state index in [4.69, 9.17) is 4.74 Å². The highest BCUT2D eigenvalue weighted by Gasteiger charge is 2.22. The number of halogens is 1. The minimum Gasteiger partial charge on any atom is -0.376 e. The first kappa shape index (κ1) is 21.5. The molecule has 1 aromatic heterocycles. The van der Waals surface area contributed by atoms with Crippen LogP contribution in [0.1, 0.15) is 25.3 Å². The van der Waals surface area contributed by atoms with Gasteiger partial charge in [0.15, 0.2) is 11.0 Å². The fraction of sp³-hybridized carbons (Fsp3) is 0.348. The van der Waals surface area contributed by atoms with Crippen LogP contribution >= 0.6 is 11.8 Å². The number of hydrogen-bond donors (Lipinski definition) is 1. The molecule has 0 unspecified atom stereocenters. The fourth-order valence-corrected chi connectivity index (χ4v) is 4.38. The largest absolute Gasteiger partial charge is 0.376 e. The van der Waals surface area contributed by atoms with Crippen molar-refractivity contribution in [3.05, 3.63) is 59.9 Å². The molecular weight excluding hydrogens is 415 g/mol. The van der Waals surface area contributed by atoms with E-state index in [1.807, 2.05) is 28.8 Å². The maximum Gasteiger partial charge on any atom is 0.234 e. The lowest BCUT2D eigenvalue weighted by Gasteiger charge is -2.15. The van der Waals surface area contributed by atoms with Crippen molar-refractivity contribution in [2.45, 2.75) is 44.0 Å². The predicted octanol–water partition coefficient (Wildman–Crippen LogP) is 4.56. The van der Waals surface area contributed by atoms with E-state index in [0.717, 1.165) is 42.7 Å². The molecule has 0 radical (unpaired) electrons. The van der Waals surface area contributed by atoms with Crippen LogP contribution in [-0.2, 0) is 22.5 Å². The maximum atomic E-state index is 13.4. The summed E-state index contributed by atoms with van der Waals surface area (Å²) in [4.78, 5) is 12.6. The second-order valence-electron chi connectivity index (χ2n) is 7.41. The Balaban J connectivity index is 1.50. The fourth-order valence-electron chi connectivity index (χ4n) is 3.63. The van der Waals surface area contributed by atoms with Gasteiger partial charge in [0.1, 0.15) is 5.82 Å². The lowest BCUT2D eigenvalue weighted by atomic mass is 10.1. The number of carbonyl (C=O) groups excluding carboxylic acids is 1. The number of rotatable bonds is 8. The Hall–Kier alpha value is -2.71. The number of anilines is 1. The summed E-state index contributed by atoms with van der Waals surface area (Å²) in [7, 11) is 0. The van der Waals surface area contributed by atoms with Crippen LogP contribution in [0.4, 0.5) is 10.1 Å². The molecule has 1 aliphatic heterocycles. The number of aromatic nitrogens is 3. The maximum absolute atomic E-state index is 13.4. The average Bonchev–Trinajstić information content (AvgIpc) is 3.44. The van der Waals surface area contributed by atoms with Crippen LogP contribution in [0.25, 0.3) is 11.4 Å². The molecule has 4 rings (SSSR count). The second kappa shape index (κ2) is 10.1. The molecule has 162 valence electrons. The van der Waals surface area contributed by atoms with Gasteiger partial charge in [-0.2, -0.15) is 0 Å². The van der Waals surface area contributed by atoms with Crippen LogP contribution in [0.5, 0.6) is 0 Å². The van der Waals surface area contributed by atoms with Gasteiger partial charge in [-0.15, -0.1) is 10.2 Å². The van der Waals surface area contributed by atoms with Crippen LogP contribution in [0.15, 0.2) is 53.7 Å². The highest BCUT2D eigenvalue weighted by molar-refractivity contribution is 7.99. The first-order valence-electron chi connectivity index (χ1n) is 10.5. The van der Waals surface area contributed by atoms with Crippen LogP contribution < -0.4 is 5.32 Å². The van der Waals surface area contributed by atoms with Crippen LogP contribution in [0, 0.1) is 5.82 Å². The molecule has 0 saturated carbocycles. The van der Waals surface area contributed by atoms with Gasteiger partial charge in [0, 0.05) is 17.9 Å². The molecule has 3 aromatic rings. The van der Waals surface area contributed by atoms with Gasteiger partial charge in [0.25, 0.3) is 0 Å².